The molecule has 4 rings (SSSR count). The van der Waals surface area contributed by atoms with E-state index in [1.165, 1.54) is 5.56 Å². The third-order valence-electron chi connectivity index (χ3n) is 4.57. The minimum absolute atomic E-state index is 0.247. The molecule has 0 N–H and O–H groups in total. The molecule has 1 atom stereocenters. The van der Waals surface area contributed by atoms with Gasteiger partial charge in [0.2, 0.25) is 12.7 Å². The number of rotatable bonds is 4. The van der Waals surface area contributed by atoms with Crippen LogP contribution in [0.5, 0.6) is 11.5 Å². The Kier molecular flexibility index (Phi) is 3.95. The maximum atomic E-state index is 12.6. The molecular formula is C18H19NO3S. The number of fused-ring (bicyclic) bond motifs is 1. The van der Waals surface area contributed by atoms with Crippen LogP contribution in [0.1, 0.15) is 36.4 Å². The molecule has 23 heavy (non-hydrogen) atoms. The average molecular weight is 329 g/mol. The zero-order chi connectivity index (χ0) is 15.6. The highest BCUT2D eigenvalue weighted by Gasteiger charge is 2.29. The molecule has 0 radical (unpaired) electrons. The summed E-state index contributed by atoms with van der Waals surface area (Å²) in [5.41, 5.74) is 2.40. The Bertz CT molecular complexity index is 698. The second-order valence-electron chi connectivity index (χ2n) is 5.99. The molecule has 1 aromatic carbocycles. The van der Waals surface area contributed by atoms with Crippen LogP contribution >= 0.6 is 11.3 Å². The third kappa shape index (κ3) is 2.93. The second kappa shape index (κ2) is 6.24. The standard InChI is InChI=1S/C18H19NO3S/c20-18(19-8-1-2-15(19)14-7-9-23-11-14)6-4-13-3-5-16-17(10-13)22-12-21-16/h3,5,7,9-11,15H,1-2,4,6,8,12H2/t15-/m1/s1. The van der Waals surface area contributed by atoms with Crippen LogP contribution in [0.3, 0.4) is 0 Å². The van der Waals surface area contributed by atoms with E-state index in [0.717, 1.165) is 42.9 Å². The fourth-order valence-electron chi connectivity index (χ4n) is 3.37. The largest absolute Gasteiger partial charge is 0.454 e. The van der Waals surface area contributed by atoms with Crippen LogP contribution in [0.15, 0.2) is 35.0 Å². The Hall–Kier alpha value is -2.01. The smallest absolute Gasteiger partial charge is 0.231 e. The van der Waals surface area contributed by atoms with Crippen molar-refractivity contribution in [3.63, 3.8) is 0 Å². The Morgan fingerprint density at radius 1 is 1.26 bits per heavy atom. The van der Waals surface area contributed by atoms with Crippen LogP contribution in [-0.2, 0) is 11.2 Å². The normalized spacial score (nSPS) is 19.3. The molecule has 2 aromatic rings. The molecule has 4 nitrogen and oxygen atoms in total. The number of amides is 1. The fraction of sp³-hybridized carbons (Fsp3) is 0.389. The number of likely N-dealkylation sites (tertiary alicyclic amines) is 1. The molecule has 0 unspecified atom stereocenters. The van der Waals surface area contributed by atoms with Crippen LogP contribution in [0, 0.1) is 0 Å². The minimum Gasteiger partial charge on any atom is -0.454 e. The van der Waals surface area contributed by atoms with Crippen molar-refractivity contribution >= 4 is 17.2 Å². The Labute approximate surface area is 139 Å². The van der Waals surface area contributed by atoms with E-state index in [1.54, 1.807) is 11.3 Å². The maximum absolute atomic E-state index is 12.6. The van der Waals surface area contributed by atoms with Crippen molar-refractivity contribution in [3.8, 4) is 11.5 Å². The van der Waals surface area contributed by atoms with Gasteiger partial charge in [-0.25, -0.2) is 0 Å². The van der Waals surface area contributed by atoms with Crippen molar-refractivity contribution in [1.29, 1.82) is 0 Å². The van der Waals surface area contributed by atoms with Crippen molar-refractivity contribution in [1.82, 2.24) is 4.90 Å². The third-order valence-corrected chi connectivity index (χ3v) is 5.27. The van der Waals surface area contributed by atoms with E-state index < -0.39 is 0 Å². The number of thiophene rings is 1. The van der Waals surface area contributed by atoms with E-state index in [-0.39, 0.29) is 18.7 Å². The summed E-state index contributed by atoms with van der Waals surface area (Å²) in [5.74, 6) is 1.82. The molecule has 0 spiro atoms. The van der Waals surface area contributed by atoms with Gasteiger partial charge in [-0.1, -0.05) is 6.07 Å². The predicted molar refractivity (Wildman–Crippen MR) is 88.9 cm³/mol. The van der Waals surface area contributed by atoms with Gasteiger partial charge in [0.05, 0.1) is 6.04 Å². The van der Waals surface area contributed by atoms with Crippen LogP contribution in [0.4, 0.5) is 0 Å². The van der Waals surface area contributed by atoms with Crippen molar-refractivity contribution in [3.05, 3.63) is 46.2 Å². The summed E-state index contributed by atoms with van der Waals surface area (Å²) in [6, 6.07) is 8.33. The Morgan fingerprint density at radius 3 is 3.04 bits per heavy atom. The number of carbonyl (C=O) groups is 1. The molecule has 0 aliphatic carbocycles. The van der Waals surface area contributed by atoms with Crippen LogP contribution < -0.4 is 9.47 Å². The second-order valence-corrected chi connectivity index (χ2v) is 6.77. The summed E-state index contributed by atoms with van der Waals surface area (Å²) in [7, 11) is 0. The van der Waals surface area contributed by atoms with Crippen molar-refractivity contribution in [2.45, 2.75) is 31.7 Å². The molecule has 1 amide bonds. The maximum Gasteiger partial charge on any atom is 0.231 e. The number of nitrogens with zero attached hydrogens (tertiary/aromatic N) is 1. The van der Waals surface area contributed by atoms with Crippen molar-refractivity contribution in [2.24, 2.45) is 0 Å². The van der Waals surface area contributed by atoms with Crippen molar-refractivity contribution < 1.29 is 14.3 Å². The molecule has 5 heteroatoms. The van der Waals surface area contributed by atoms with Gasteiger partial charge in [-0.15, -0.1) is 0 Å². The highest BCUT2D eigenvalue weighted by atomic mass is 32.1. The number of aryl methyl sites for hydroxylation is 1. The lowest BCUT2D eigenvalue weighted by Crippen LogP contribution is -2.30. The summed E-state index contributed by atoms with van der Waals surface area (Å²) in [6.45, 7) is 1.16. The number of carbonyl (C=O) groups excluding carboxylic acids is 1. The summed E-state index contributed by atoms with van der Waals surface area (Å²) in [6.07, 6.45) is 3.45. The first kappa shape index (κ1) is 14.6. The van der Waals surface area contributed by atoms with Crippen molar-refractivity contribution in [2.75, 3.05) is 13.3 Å². The first-order valence-corrected chi connectivity index (χ1v) is 8.95. The number of hydrogen-bond donors (Lipinski definition) is 0. The van der Waals surface area contributed by atoms with E-state index in [0.29, 0.717) is 6.42 Å². The summed E-state index contributed by atoms with van der Waals surface area (Å²) >= 11 is 1.70. The van der Waals surface area contributed by atoms with Gasteiger partial charge in [0.15, 0.2) is 11.5 Å². The molecule has 2 aliphatic heterocycles. The Morgan fingerprint density at radius 2 is 2.17 bits per heavy atom. The lowest BCUT2D eigenvalue weighted by atomic mass is 10.1. The van der Waals surface area contributed by atoms with Gasteiger partial charge in [0.1, 0.15) is 0 Å². The van der Waals surface area contributed by atoms with E-state index >= 15 is 0 Å². The zero-order valence-electron chi connectivity index (χ0n) is 12.9. The first-order valence-electron chi connectivity index (χ1n) is 8.01. The SMILES string of the molecule is O=C(CCc1ccc2c(c1)OCO2)N1CCC[C@@H]1c1ccsc1. The summed E-state index contributed by atoms with van der Waals surface area (Å²) in [5, 5.41) is 4.25. The van der Waals surface area contributed by atoms with Gasteiger partial charge in [0, 0.05) is 13.0 Å². The minimum atomic E-state index is 0.247. The monoisotopic (exact) mass is 329 g/mol. The molecule has 0 saturated carbocycles. The van der Waals surface area contributed by atoms with Gasteiger partial charge in [-0.3, -0.25) is 4.79 Å². The molecule has 2 aliphatic rings. The van der Waals surface area contributed by atoms with E-state index in [1.807, 2.05) is 18.2 Å². The average Bonchev–Trinajstić information content (AvgIpc) is 3.32. The molecule has 3 heterocycles. The lowest BCUT2D eigenvalue weighted by Gasteiger charge is -2.24. The number of benzene rings is 1. The topological polar surface area (TPSA) is 38.8 Å². The van der Waals surface area contributed by atoms with Crippen LogP contribution in [0.25, 0.3) is 0 Å². The van der Waals surface area contributed by atoms with Crippen LogP contribution in [0.2, 0.25) is 0 Å². The molecule has 0 bridgehead atoms. The highest BCUT2D eigenvalue weighted by Crippen LogP contribution is 2.35. The predicted octanol–water partition coefficient (Wildman–Crippen LogP) is 3.77. The molecule has 120 valence electrons. The Balaban J connectivity index is 1.40. The van der Waals surface area contributed by atoms with E-state index in [9.17, 15) is 4.79 Å². The number of ether oxygens (including phenoxy) is 2. The molecular weight excluding hydrogens is 310 g/mol. The summed E-state index contributed by atoms with van der Waals surface area (Å²) < 4.78 is 10.7. The van der Waals surface area contributed by atoms with E-state index in [4.69, 9.17) is 9.47 Å². The van der Waals surface area contributed by atoms with Gasteiger partial charge in [-0.2, -0.15) is 11.3 Å². The molecule has 1 aromatic heterocycles. The highest BCUT2D eigenvalue weighted by molar-refractivity contribution is 7.07. The van der Waals surface area contributed by atoms with Crippen LogP contribution in [-0.4, -0.2) is 24.1 Å². The number of hydrogen-bond acceptors (Lipinski definition) is 4. The lowest BCUT2D eigenvalue weighted by molar-refractivity contribution is -0.132. The first-order chi connectivity index (χ1) is 11.3. The molecule has 1 fully saturated rings. The zero-order valence-corrected chi connectivity index (χ0v) is 13.7. The van der Waals surface area contributed by atoms with Gasteiger partial charge >= 0.3 is 0 Å². The summed E-state index contributed by atoms with van der Waals surface area (Å²) in [4.78, 5) is 14.7. The van der Waals surface area contributed by atoms with Gasteiger partial charge < -0.3 is 14.4 Å². The fourth-order valence-corrected chi connectivity index (χ4v) is 4.07. The quantitative estimate of drug-likeness (QED) is 0.857. The molecule has 1 saturated heterocycles. The van der Waals surface area contributed by atoms with Gasteiger partial charge in [0.25, 0.3) is 0 Å². The van der Waals surface area contributed by atoms with E-state index in [2.05, 4.69) is 21.7 Å². The van der Waals surface area contributed by atoms with Gasteiger partial charge in [-0.05, 0) is 59.3 Å².